The minimum absolute atomic E-state index is 0.359. The van der Waals surface area contributed by atoms with Crippen LogP contribution >= 0.6 is 27.5 Å². The maximum absolute atomic E-state index is 11.6. The van der Waals surface area contributed by atoms with E-state index in [4.69, 9.17) is 17.3 Å². The molecule has 0 saturated heterocycles. The molecule has 1 rings (SSSR count). The second-order valence-corrected chi connectivity index (χ2v) is 6.31. The van der Waals surface area contributed by atoms with Crippen molar-refractivity contribution >= 4 is 39.1 Å². The Hall–Kier alpha value is -0.740. The molecule has 18 heavy (non-hydrogen) atoms. The van der Waals surface area contributed by atoms with E-state index in [0.29, 0.717) is 17.4 Å². The van der Waals surface area contributed by atoms with Crippen LogP contribution < -0.4 is 11.1 Å². The average molecular weight is 334 g/mol. The fourth-order valence-electron chi connectivity index (χ4n) is 1.92. The number of primary amides is 1. The van der Waals surface area contributed by atoms with Gasteiger partial charge in [-0.25, -0.2) is 0 Å². The van der Waals surface area contributed by atoms with Gasteiger partial charge in [0.25, 0.3) is 0 Å². The van der Waals surface area contributed by atoms with Crippen molar-refractivity contribution in [2.45, 2.75) is 32.7 Å². The molecule has 3 nitrogen and oxygen atoms in total. The van der Waals surface area contributed by atoms with Crippen molar-refractivity contribution in [2.75, 3.05) is 5.32 Å². The predicted molar refractivity (Wildman–Crippen MR) is 79.8 cm³/mol. The van der Waals surface area contributed by atoms with Crippen LogP contribution in [-0.2, 0) is 4.79 Å². The molecule has 1 aromatic rings. The Kier molecular flexibility index (Phi) is 5.05. The molecule has 0 aliphatic rings. The average Bonchev–Trinajstić information content (AvgIpc) is 2.22. The zero-order chi connectivity index (χ0) is 13.9. The van der Waals surface area contributed by atoms with Gasteiger partial charge in [-0.2, -0.15) is 0 Å². The Morgan fingerprint density at radius 2 is 2.17 bits per heavy atom. The molecule has 3 N–H and O–H groups in total. The van der Waals surface area contributed by atoms with Crippen LogP contribution in [0.3, 0.4) is 0 Å². The number of carbonyl (C=O) groups excluding carboxylic acids is 1. The van der Waals surface area contributed by atoms with Gasteiger partial charge in [0.15, 0.2) is 0 Å². The van der Waals surface area contributed by atoms with Crippen LogP contribution in [0.2, 0.25) is 5.02 Å². The van der Waals surface area contributed by atoms with Gasteiger partial charge in [-0.3, -0.25) is 4.79 Å². The maximum atomic E-state index is 11.6. The molecule has 0 heterocycles. The molecular weight excluding hydrogens is 316 g/mol. The number of halogens is 2. The number of nitrogens with one attached hydrogen (secondary N) is 1. The molecular formula is C13H18BrClN2O. The molecule has 1 unspecified atom stereocenters. The highest BCUT2D eigenvalue weighted by molar-refractivity contribution is 9.10. The van der Waals surface area contributed by atoms with Gasteiger partial charge in [0.2, 0.25) is 5.91 Å². The third-order valence-corrected chi connectivity index (χ3v) is 3.91. The van der Waals surface area contributed by atoms with Gasteiger partial charge in [-0.05, 0) is 53.4 Å². The van der Waals surface area contributed by atoms with Gasteiger partial charge in [-0.1, -0.05) is 25.4 Å². The first kappa shape index (κ1) is 15.3. The third-order valence-electron chi connectivity index (χ3n) is 2.70. The van der Waals surface area contributed by atoms with Gasteiger partial charge < -0.3 is 11.1 Å². The summed E-state index contributed by atoms with van der Waals surface area (Å²) in [5, 5.41) is 3.82. The number of rotatable bonds is 5. The molecule has 0 aliphatic heterocycles. The van der Waals surface area contributed by atoms with Crippen molar-refractivity contribution in [2.24, 2.45) is 11.7 Å². The quantitative estimate of drug-likeness (QED) is 0.861. The Morgan fingerprint density at radius 1 is 1.56 bits per heavy atom. The summed E-state index contributed by atoms with van der Waals surface area (Å²) in [5.74, 6) is 0.00742. The van der Waals surface area contributed by atoms with Crippen molar-refractivity contribution in [1.82, 2.24) is 0 Å². The molecule has 5 heteroatoms. The first-order valence-electron chi connectivity index (χ1n) is 5.78. The van der Waals surface area contributed by atoms with Crippen molar-refractivity contribution in [3.8, 4) is 0 Å². The van der Waals surface area contributed by atoms with E-state index in [9.17, 15) is 4.79 Å². The van der Waals surface area contributed by atoms with E-state index in [2.05, 4.69) is 35.1 Å². The fourth-order valence-corrected chi connectivity index (χ4v) is 2.42. The SMILES string of the molecule is CC(C)CC(C)(Nc1ccc(Cl)c(Br)c1)C(N)=O. The predicted octanol–water partition coefficient (Wildman–Crippen LogP) is 3.80. The molecule has 1 amide bonds. The van der Waals surface area contributed by atoms with E-state index in [0.717, 1.165) is 10.2 Å². The number of hydrogen-bond donors (Lipinski definition) is 2. The monoisotopic (exact) mass is 332 g/mol. The van der Waals surface area contributed by atoms with Crippen LogP contribution in [0.5, 0.6) is 0 Å². The Labute approximate surface area is 121 Å². The molecule has 0 aliphatic carbocycles. The summed E-state index contributed by atoms with van der Waals surface area (Å²) in [6, 6.07) is 5.43. The zero-order valence-corrected chi connectivity index (χ0v) is 13.1. The minimum atomic E-state index is -0.762. The fraction of sp³-hybridized carbons (Fsp3) is 0.462. The standard InChI is InChI=1S/C13H18BrClN2O/c1-8(2)7-13(3,12(16)18)17-9-4-5-11(15)10(14)6-9/h4-6,8,17H,7H2,1-3H3,(H2,16,18). The molecule has 1 atom stereocenters. The number of benzene rings is 1. The van der Waals surface area contributed by atoms with Crippen LogP contribution in [0.15, 0.2) is 22.7 Å². The summed E-state index contributed by atoms with van der Waals surface area (Å²) in [5.41, 5.74) is 5.55. The van der Waals surface area contributed by atoms with E-state index in [-0.39, 0.29) is 5.91 Å². The van der Waals surface area contributed by atoms with Crippen molar-refractivity contribution < 1.29 is 4.79 Å². The minimum Gasteiger partial charge on any atom is -0.371 e. The largest absolute Gasteiger partial charge is 0.371 e. The lowest BCUT2D eigenvalue weighted by Crippen LogP contribution is -2.48. The Balaban J connectivity index is 2.96. The van der Waals surface area contributed by atoms with Crippen LogP contribution in [0.4, 0.5) is 5.69 Å². The van der Waals surface area contributed by atoms with Gasteiger partial charge in [0.1, 0.15) is 5.54 Å². The normalized spacial score (nSPS) is 14.3. The molecule has 0 fully saturated rings. The number of anilines is 1. The second-order valence-electron chi connectivity index (χ2n) is 5.05. The smallest absolute Gasteiger partial charge is 0.242 e. The van der Waals surface area contributed by atoms with E-state index < -0.39 is 5.54 Å². The molecule has 0 saturated carbocycles. The van der Waals surface area contributed by atoms with Gasteiger partial charge >= 0.3 is 0 Å². The van der Waals surface area contributed by atoms with Crippen LogP contribution in [0.25, 0.3) is 0 Å². The second kappa shape index (κ2) is 5.93. The first-order valence-corrected chi connectivity index (χ1v) is 6.95. The van der Waals surface area contributed by atoms with Crippen molar-refractivity contribution in [3.05, 3.63) is 27.7 Å². The van der Waals surface area contributed by atoms with E-state index in [1.165, 1.54) is 0 Å². The van der Waals surface area contributed by atoms with Gasteiger partial charge in [0, 0.05) is 10.2 Å². The molecule has 0 spiro atoms. The highest BCUT2D eigenvalue weighted by atomic mass is 79.9. The zero-order valence-electron chi connectivity index (χ0n) is 10.8. The molecule has 0 bridgehead atoms. The highest BCUT2D eigenvalue weighted by Crippen LogP contribution is 2.28. The van der Waals surface area contributed by atoms with E-state index >= 15 is 0 Å². The summed E-state index contributed by atoms with van der Waals surface area (Å²) >= 11 is 9.29. The third kappa shape index (κ3) is 3.89. The molecule has 0 aromatic heterocycles. The lowest BCUT2D eigenvalue weighted by atomic mass is 9.89. The van der Waals surface area contributed by atoms with Gasteiger partial charge in [-0.15, -0.1) is 0 Å². The summed E-state index contributed by atoms with van der Waals surface area (Å²) in [6.07, 6.45) is 0.669. The van der Waals surface area contributed by atoms with Gasteiger partial charge in [0.05, 0.1) is 5.02 Å². The lowest BCUT2D eigenvalue weighted by Gasteiger charge is -2.30. The van der Waals surface area contributed by atoms with E-state index in [1.807, 2.05) is 19.1 Å². The Bertz CT molecular complexity index is 451. The topological polar surface area (TPSA) is 55.1 Å². The molecule has 0 radical (unpaired) electrons. The number of hydrogen-bond acceptors (Lipinski definition) is 2. The summed E-state index contributed by atoms with van der Waals surface area (Å²) in [7, 11) is 0. The maximum Gasteiger partial charge on any atom is 0.242 e. The number of carbonyl (C=O) groups is 1. The summed E-state index contributed by atoms with van der Waals surface area (Å²) < 4.78 is 0.783. The number of nitrogens with two attached hydrogens (primary N) is 1. The summed E-state index contributed by atoms with van der Waals surface area (Å²) in [6.45, 7) is 5.93. The van der Waals surface area contributed by atoms with Crippen molar-refractivity contribution in [1.29, 1.82) is 0 Å². The van der Waals surface area contributed by atoms with Crippen LogP contribution in [-0.4, -0.2) is 11.4 Å². The van der Waals surface area contributed by atoms with Crippen LogP contribution in [0, 0.1) is 5.92 Å². The van der Waals surface area contributed by atoms with Crippen LogP contribution in [0.1, 0.15) is 27.2 Å². The summed E-state index contributed by atoms with van der Waals surface area (Å²) in [4.78, 5) is 11.6. The first-order chi connectivity index (χ1) is 8.24. The molecule has 1 aromatic carbocycles. The molecule has 100 valence electrons. The number of amides is 1. The lowest BCUT2D eigenvalue weighted by molar-refractivity contribution is -0.122. The highest BCUT2D eigenvalue weighted by Gasteiger charge is 2.31. The van der Waals surface area contributed by atoms with Crippen molar-refractivity contribution in [3.63, 3.8) is 0 Å². The Morgan fingerprint density at radius 3 is 2.61 bits per heavy atom. The van der Waals surface area contributed by atoms with E-state index in [1.54, 1.807) is 6.07 Å².